The quantitative estimate of drug-likeness (QED) is 0.900. The summed E-state index contributed by atoms with van der Waals surface area (Å²) in [4.78, 5) is 12.5. The van der Waals surface area contributed by atoms with Crippen LogP contribution >= 0.6 is 11.3 Å². The van der Waals surface area contributed by atoms with Crippen molar-refractivity contribution in [3.63, 3.8) is 0 Å². The molecule has 0 aromatic carbocycles. The third-order valence-corrected chi connectivity index (χ3v) is 7.99. The number of hydrogen-bond acceptors (Lipinski definition) is 4. The van der Waals surface area contributed by atoms with E-state index in [1.165, 1.54) is 15.6 Å². The van der Waals surface area contributed by atoms with Crippen molar-refractivity contribution in [3.05, 3.63) is 17.0 Å². The molecule has 5 nitrogen and oxygen atoms in total. The lowest BCUT2D eigenvalue weighted by Gasteiger charge is -2.37. The molecule has 2 heterocycles. The van der Waals surface area contributed by atoms with Gasteiger partial charge in [0.15, 0.2) is 0 Å². The minimum absolute atomic E-state index is 0.280. The van der Waals surface area contributed by atoms with Crippen LogP contribution in [0.2, 0.25) is 0 Å². The van der Waals surface area contributed by atoms with E-state index < -0.39 is 21.4 Å². The normalized spacial score (nSPS) is 19.5. The molecule has 0 aliphatic carbocycles. The van der Waals surface area contributed by atoms with Crippen LogP contribution in [-0.4, -0.2) is 36.9 Å². The highest BCUT2D eigenvalue weighted by Crippen LogP contribution is 2.37. The second-order valence-corrected chi connectivity index (χ2v) is 8.75. The number of thiophene rings is 1. The third-order valence-electron chi connectivity index (χ3n) is 4.39. The van der Waals surface area contributed by atoms with E-state index in [9.17, 15) is 18.3 Å². The molecule has 21 heavy (non-hydrogen) atoms. The Hall–Kier alpha value is -0.920. The first-order valence-electron chi connectivity index (χ1n) is 7.18. The molecule has 0 amide bonds. The molecule has 1 aromatic heterocycles. The average Bonchev–Trinajstić information content (AvgIpc) is 2.96. The van der Waals surface area contributed by atoms with Gasteiger partial charge in [-0.1, -0.05) is 13.8 Å². The van der Waals surface area contributed by atoms with Crippen LogP contribution in [0.1, 0.15) is 38.0 Å². The number of hydrogen-bond donors (Lipinski definition) is 1. The van der Waals surface area contributed by atoms with Crippen LogP contribution in [0.25, 0.3) is 0 Å². The van der Waals surface area contributed by atoms with Gasteiger partial charge in [0.2, 0.25) is 0 Å². The zero-order chi connectivity index (χ0) is 15.7. The van der Waals surface area contributed by atoms with E-state index in [-0.39, 0.29) is 13.1 Å². The van der Waals surface area contributed by atoms with Crippen molar-refractivity contribution in [2.24, 2.45) is 5.41 Å². The molecular weight excluding hydrogens is 310 g/mol. The molecule has 2 rings (SSSR count). The lowest BCUT2D eigenvalue weighted by atomic mass is 9.77. The van der Waals surface area contributed by atoms with Crippen molar-refractivity contribution in [1.82, 2.24) is 4.31 Å². The molecule has 1 aromatic rings. The fourth-order valence-electron chi connectivity index (χ4n) is 2.69. The van der Waals surface area contributed by atoms with Gasteiger partial charge in [0.25, 0.3) is 10.0 Å². The van der Waals surface area contributed by atoms with Gasteiger partial charge in [-0.25, -0.2) is 8.42 Å². The fourth-order valence-corrected chi connectivity index (χ4v) is 5.58. The number of nitrogens with zero attached hydrogens (tertiary/aromatic N) is 1. The Morgan fingerprint density at radius 2 is 1.95 bits per heavy atom. The summed E-state index contributed by atoms with van der Waals surface area (Å²) >= 11 is 1.30. The van der Waals surface area contributed by atoms with Gasteiger partial charge in [-0.05, 0) is 37.8 Å². The van der Waals surface area contributed by atoms with Gasteiger partial charge in [0, 0.05) is 18.0 Å². The number of sulfonamides is 1. The van der Waals surface area contributed by atoms with E-state index >= 15 is 0 Å². The summed E-state index contributed by atoms with van der Waals surface area (Å²) in [6.07, 6.45) is 2.11. The van der Waals surface area contributed by atoms with Crippen molar-refractivity contribution in [1.29, 1.82) is 0 Å². The molecule has 0 saturated carbocycles. The molecule has 1 aliphatic heterocycles. The molecule has 1 N–H and O–H groups in total. The maximum Gasteiger partial charge on any atom is 0.309 e. The lowest BCUT2D eigenvalue weighted by molar-refractivity contribution is -0.151. The summed E-state index contributed by atoms with van der Waals surface area (Å²) in [5.74, 6) is -0.813. The van der Waals surface area contributed by atoms with Crippen LogP contribution in [-0.2, 0) is 21.2 Å². The van der Waals surface area contributed by atoms with E-state index in [0.29, 0.717) is 23.5 Å². The summed E-state index contributed by atoms with van der Waals surface area (Å²) in [6, 6.07) is 3.49. The van der Waals surface area contributed by atoms with Gasteiger partial charge in [0.05, 0.1) is 5.41 Å². The number of aryl methyl sites for hydroxylation is 1. The first kappa shape index (κ1) is 16.5. The zero-order valence-electron chi connectivity index (χ0n) is 12.3. The highest BCUT2D eigenvalue weighted by molar-refractivity contribution is 7.91. The molecular formula is C14H21NO4S2. The monoisotopic (exact) mass is 331 g/mol. The van der Waals surface area contributed by atoms with Crippen molar-refractivity contribution >= 4 is 27.3 Å². The van der Waals surface area contributed by atoms with Crippen molar-refractivity contribution in [3.8, 4) is 0 Å². The van der Waals surface area contributed by atoms with Crippen molar-refractivity contribution < 1.29 is 18.3 Å². The first-order chi connectivity index (χ1) is 9.85. The maximum atomic E-state index is 12.6. The van der Waals surface area contributed by atoms with Crippen LogP contribution in [0.5, 0.6) is 0 Å². The highest BCUT2D eigenvalue weighted by atomic mass is 32.2. The highest BCUT2D eigenvalue weighted by Gasteiger charge is 2.42. The van der Waals surface area contributed by atoms with Gasteiger partial charge >= 0.3 is 5.97 Å². The molecule has 7 heteroatoms. The van der Waals surface area contributed by atoms with Crippen LogP contribution < -0.4 is 0 Å². The molecule has 0 radical (unpaired) electrons. The lowest BCUT2D eigenvalue weighted by Crippen LogP contribution is -2.46. The Morgan fingerprint density at radius 1 is 1.33 bits per heavy atom. The topological polar surface area (TPSA) is 74.7 Å². The van der Waals surface area contributed by atoms with Gasteiger partial charge < -0.3 is 5.11 Å². The molecule has 0 unspecified atom stereocenters. The standard InChI is InChI=1S/C14H21NO4S2/c1-3-11-5-6-12(20-11)21(18,19)15-9-7-14(4-2,8-10-15)13(16)17/h5-6H,3-4,7-10H2,1-2H3,(H,16,17). The van der Waals surface area contributed by atoms with E-state index in [1.807, 2.05) is 19.9 Å². The van der Waals surface area contributed by atoms with Gasteiger partial charge in [-0.2, -0.15) is 4.31 Å². The number of carboxylic acids is 1. The second kappa shape index (κ2) is 6.06. The third kappa shape index (κ3) is 3.00. The van der Waals surface area contributed by atoms with Crippen LogP contribution in [0.3, 0.4) is 0 Å². The van der Waals surface area contributed by atoms with Crippen LogP contribution in [0, 0.1) is 5.41 Å². The summed E-state index contributed by atoms with van der Waals surface area (Å²) < 4.78 is 26.9. The number of carboxylic acid groups (broad SMARTS) is 1. The van der Waals surface area contributed by atoms with Crippen LogP contribution in [0.15, 0.2) is 16.3 Å². The Kier molecular flexibility index (Phi) is 4.75. The molecule has 0 atom stereocenters. The Morgan fingerprint density at radius 3 is 2.38 bits per heavy atom. The predicted molar refractivity (Wildman–Crippen MR) is 82.0 cm³/mol. The smallest absolute Gasteiger partial charge is 0.309 e. The molecule has 0 spiro atoms. The number of rotatable bonds is 5. The SMILES string of the molecule is CCc1ccc(S(=O)(=O)N2CCC(CC)(C(=O)O)CC2)s1. The summed E-state index contributed by atoms with van der Waals surface area (Å²) in [5.41, 5.74) is -0.768. The van der Waals surface area contributed by atoms with E-state index in [2.05, 4.69) is 0 Å². The number of piperidine rings is 1. The first-order valence-corrected chi connectivity index (χ1v) is 9.43. The Labute approximate surface area is 129 Å². The van der Waals surface area contributed by atoms with Gasteiger partial charge in [-0.3, -0.25) is 4.79 Å². The largest absolute Gasteiger partial charge is 0.481 e. The second-order valence-electron chi connectivity index (χ2n) is 5.42. The maximum absolute atomic E-state index is 12.6. The minimum Gasteiger partial charge on any atom is -0.481 e. The molecule has 1 aliphatic rings. The summed E-state index contributed by atoms with van der Waals surface area (Å²) in [5, 5.41) is 9.36. The number of aliphatic carboxylic acids is 1. The van der Waals surface area contributed by atoms with Crippen LogP contribution in [0.4, 0.5) is 0 Å². The fraction of sp³-hybridized carbons (Fsp3) is 0.643. The van der Waals surface area contributed by atoms with E-state index in [1.54, 1.807) is 6.07 Å². The molecule has 1 fully saturated rings. The summed E-state index contributed by atoms with van der Waals surface area (Å²) in [7, 11) is -3.48. The van der Waals surface area contributed by atoms with E-state index in [4.69, 9.17) is 0 Å². The van der Waals surface area contributed by atoms with Crippen molar-refractivity contribution in [2.45, 2.75) is 43.7 Å². The molecule has 118 valence electrons. The molecule has 1 saturated heterocycles. The summed E-state index contributed by atoms with van der Waals surface area (Å²) in [6.45, 7) is 4.40. The zero-order valence-corrected chi connectivity index (χ0v) is 14.0. The number of carbonyl (C=O) groups is 1. The average molecular weight is 331 g/mol. The van der Waals surface area contributed by atoms with Gasteiger partial charge in [0.1, 0.15) is 4.21 Å². The minimum atomic E-state index is -3.48. The van der Waals surface area contributed by atoms with Crippen molar-refractivity contribution in [2.75, 3.05) is 13.1 Å². The predicted octanol–water partition coefficient (Wildman–Crippen LogP) is 2.58. The Bertz CT molecular complexity index is 613. The van der Waals surface area contributed by atoms with E-state index in [0.717, 1.165) is 11.3 Å². The van der Waals surface area contributed by atoms with Gasteiger partial charge in [-0.15, -0.1) is 11.3 Å². The molecule has 0 bridgehead atoms. The Balaban J connectivity index is 2.16.